The Balaban J connectivity index is 3.15. The lowest BCUT2D eigenvalue weighted by atomic mass is 10.8. The minimum atomic E-state index is -0.984. The number of hydrogen-bond donors (Lipinski definition) is 3. The van der Waals surface area contributed by atoms with Crippen molar-refractivity contribution in [2.75, 3.05) is 13.2 Å². The molecule has 0 aliphatic heterocycles. The van der Waals surface area contributed by atoms with Crippen molar-refractivity contribution in [3.63, 3.8) is 0 Å². The first-order valence-corrected chi connectivity index (χ1v) is 3.35. The number of nitrogens with zero attached hydrogens (tertiary/aromatic N) is 1. The maximum atomic E-state index is 10.8. The highest BCUT2D eigenvalue weighted by molar-refractivity contribution is 4.64. The number of aliphatic hydroxyl groups excluding tert-OH is 1. The standard InChI is InChI=1S/C5H7N3O5/c9-1-2-13-8-4(11)6-3(10)7-5(8)12/h9H,1-2H2,(H2,6,7,10,11,12). The Morgan fingerprint density at radius 1 is 1.23 bits per heavy atom. The van der Waals surface area contributed by atoms with Gasteiger partial charge in [0.15, 0.2) is 0 Å². The topological polar surface area (TPSA) is 117 Å². The zero-order chi connectivity index (χ0) is 9.84. The average Bonchev–Trinajstić information content (AvgIpc) is 2.02. The van der Waals surface area contributed by atoms with Gasteiger partial charge in [-0.05, 0) is 0 Å². The molecule has 1 aromatic heterocycles. The normalized spacial score (nSPS) is 9.92. The lowest BCUT2D eigenvalue weighted by molar-refractivity contribution is 0.0580. The molecule has 0 unspecified atom stereocenters. The van der Waals surface area contributed by atoms with E-state index in [4.69, 9.17) is 5.11 Å². The Bertz CT molecular complexity index is 406. The van der Waals surface area contributed by atoms with Crippen LogP contribution >= 0.6 is 0 Å². The zero-order valence-corrected chi connectivity index (χ0v) is 6.44. The Hall–Kier alpha value is -1.83. The summed E-state index contributed by atoms with van der Waals surface area (Å²) >= 11 is 0. The lowest BCUT2D eigenvalue weighted by Gasteiger charge is -2.02. The average molecular weight is 189 g/mol. The van der Waals surface area contributed by atoms with Gasteiger partial charge in [0.05, 0.1) is 6.61 Å². The number of H-pyrrole nitrogens is 2. The first kappa shape index (κ1) is 9.26. The number of rotatable bonds is 3. The molecule has 13 heavy (non-hydrogen) atoms. The maximum Gasteiger partial charge on any atom is 0.367 e. The SMILES string of the molecule is O=c1[nH]c(=O)n(OCCO)c(=O)[nH]1. The fourth-order valence-corrected chi connectivity index (χ4v) is 0.669. The van der Waals surface area contributed by atoms with E-state index in [9.17, 15) is 14.4 Å². The van der Waals surface area contributed by atoms with E-state index in [0.717, 1.165) is 0 Å². The van der Waals surface area contributed by atoms with E-state index in [-0.39, 0.29) is 13.2 Å². The van der Waals surface area contributed by atoms with Crippen molar-refractivity contribution in [2.45, 2.75) is 0 Å². The van der Waals surface area contributed by atoms with E-state index in [1.54, 1.807) is 9.97 Å². The second-order valence-corrected chi connectivity index (χ2v) is 2.04. The van der Waals surface area contributed by atoms with Crippen LogP contribution in [0.25, 0.3) is 0 Å². The van der Waals surface area contributed by atoms with Gasteiger partial charge >= 0.3 is 17.1 Å². The van der Waals surface area contributed by atoms with Crippen LogP contribution in [0.5, 0.6) is 0 Å². The predicted octanol–water partition coefficient (Wildman–Crippen LogP) is -3.35. The molecule has 8 heteroatoms. The van der Waals surface area contributed by atoms with Crippen LogP contribution in [0.15, 0.2) is 14.4 Å². The summed E-state index contributed by atoms with van der Waals surface area (Å²) in [5, 5.41) is 8.34. The summed E-state index contributed by atoms with van der Waals surface area (Å²) in [6, 6.07) is 0. The molecule has 0 fully saturated rings. The highest BCUT2D eigenvalue weighted by atomic mass is 16.7. The fourth-order valence-electron chi connectivity index (χ4n) is 0.669. The summed E-state index contributed by atoms with van der Waals surface area (Å²) in [5.41, 5.74) is -2.87. The van der Waals surface area contributed by atoms with Crippen molar-refractivity contribution in [1.82, 2.24) is 14.7 Å². The van der Waals surface area contributed by atoms with Gasteiger partial charge in [0.25, 0.3) is 0 Å². The van der Waals surface area contributed by atoms with E-state index in [2.05, 4.69) is 4.84 Å². The van der Waals surface area contributed by atoms with Crippen molar-refractivity contribution in [2.24, 2.45) is 0 Å². The monoisotopic (exact) mass is 189 g/mol. The molecule has 0 spiro atoms. The largest absolute Gasteiger partial charge is 0.402 e. The molecule has 3 N–H and O–H groups in total. The van der Waals surface area contributed by atoms with E-state index in [1.807, 2.05) is 0 Å². The number of hydrogen-bond acceptors (Lipinski definition) is 5. The number of aromatic nitrogens is 3. The zero-order valence-electron chi connectivity index (χ0n) is 6.44. The van der Waals surface area contributed by atoms with E-state index in [0.29, 0.717) is 4.73 Å². The smallest absolute Gasteiger partial charge is 0.367 e. The molecule has 1 heterocycles. The van der Waals surface area contributed by atoms with Crippen molar-refractivity contribution in [3.8, 4) is 0 Å². The molecule has 0 radical (unpaired) electrons. The van der Waals surface area contributed by atoms with Crippen LogP contribution in [0.2, 0.25) is 0 Å². The number of nitrogens with one attached hydrogen (secondary N) is 2. The van der Waals surface area contributed by atoms with E-state index < -0.39 is 17.1 Å². The van der Waals surface area contributed by atoms with Crippen molar-refractivity contribution >= 4 is 0 Å². The predicted molar refractivity (Wildman–Crippen MR) is 40.5 cm³/mol. The molecule has 0 amide bonds. The van der Waals surface area contributed by atoms with Crippen LogP contribution in [-0.2, 0) is 0 Å². The van der Waals surface area contributed by atoms with Crippen LogP contribution in [-0.4, -0.2) is 33.0 Å². The Morgan fingerprint density at radius 3 is 2.23 bits per heavy atom. The molecule has 72 valence electrons. The summed E-state index contributed by atoms with van der Waals surface area (Å²) in [6.45, 7) is -0.556. The second-order valence-electron chi connectivity index (χ2n) is 2.04. The molecule has 0 aliphatic carbocycles. The van der Waals surface area contributed by atoms with Gasteiger partial charge in [0, 0.05) is 0 Å². The van der Waals surface area contributed by atoms with Crippen molar-refractivity contribution in [3.05, 3.63) is 31.5 Å². The van der Waals surface area contributed by atoms with Gasteiger partial charge < -0.3 is 9.94 Å². The molecule has 8 nitrogen and oxygen atoms in total. The van der Waals surface area contributed by atoms with E-state index >= 15 is 0 Å². The summed E-state index contributed by atoms with van der Waals surface area (Å²) in [7, 11) is 0. The molecule has 0 aliphatic rings. The van der Waals surface area contributed by atoms with Gasteiger partial charge in [-0.3, -0.25) is 9.97 Å². The molecule has 0 saturated heterocycles. The maximum absolute atomic E-state index is 10.8. The number of aromatic amines is 2. The number of aliphatic hydroxyl groups is 1. The molecular weight excluding hydrogens is 182 g/mol. The van der Waals surface area contributed by atoms with E-state index in [1.165, 1.54) is 0 Å². The molecule has 0 saturated carbocycles. The Labute approximate surface area is 70.4 Å². The lowest BCUT2D eigenvalue weighted by Crippen LogP contribution is -2.46. The molecule has 0 aromatic carbocycles. The third-order valence-corrected chi connectivity index (χ3v) is 1.12. The highest BCUT2D eigenvalue weighted by Crippen LogP contribution is 1.59. The fraction of sp³-hybridized carbons (Fsp3) is 0.400. The summed E-state index contributed by atoms with van der Waals surface area (Å²) in [4.78, 5) is 40.3. The molecule has 0 atom stereocenters. The van der Waals surface area contributed by atoms with Crippen LogP contribution in [0, 0.1) is 0 Å². The molecular formula is C5H7N3O5. The summed E-state index contributed by atoms with van der Waals surface area (Å²) in [5.74, 6) is 0. The first-order chi connectivity index (χ1) is 6.15. The van der Waals surface area contributed by atoms with Crippen LogP contribution in [0.3, 0.4) is 0 Å². The van der Waals surface area contributed by atoms with Crippen molar-refractivity contribution in [1.29, 1.82) is 0 Å². The van der Waals surface area contributed by atoms with Crippen LogP contribution in [0.4, 0.5) is 0 Å². The van der Waals surface area contributed by atoms with Crippen LogP contribution in [0.1, 0.15) is 0 Å². The van der Waals surface area contributed by atoms with Gasteiger partial charge in [-0.2, -0.15) is 0 Å². The van der Waals surface area contributed by atoms with Gasteiger partial charge in [0.2, 0.25) is 0 Å². The minimum absolute atomic E-state index is 0.213. The van der Waals surface area contributed by atoms with Crippen LogP contribution < -0.4 is 21.9 Å². The third kappa shape index (κ3) is 2.06. The minimum Gasteiger partial charge on any atom is -0.402 e. The summed E-state index contributed by atoms with van der Waals surface area (Å²) < 4.78 is 0.317. The second kappa shape index (κ2) is 3.72. The molecule has 0 bridgehead atoms. The Kier molecular flexibility index (Phi) is 2.65. The van der Waals surface area contributed by atoms with Gasteiger partial charge in [-0.25, -0.2) is 14.4 Å². The third-order valence-electron chi connectivity index (χ3n) is 1.12. The molecule has 1 rings (SSSR count). The quantitative estimate of drug-likeness (QED) is 0.459. The van der Waals surface area contributed by atoms with Gasteiger partial charge in [-0.15, -0.1) is 0 Å². The molecule has 1 aromatic rings. The van der Waals surface area contributed by atoms with Crippen molar-refractivity contribution < 1.29 is 9.94 Å². The Morgan fingerprint density at radius 2 is 1.77 bits per heavy atom. The summed E-state index contributed by atoms with van der Waals surface area (Å²) in [6.07, 6.45) is 0. The van der Waals surface area contributed by atoms with Gasteiger partial charge in [0.1, 0.15) is 6.61 Å². The highest BCUT2D eigenvalue weighted by Gasteiger charge is 2.01. The van der Waals surface area contributed by atoms with Gasteiger partial charge in [-0.1, -0.05) is 4.73 Å². The first-order valence-electron chi connectivity index (χ1n) is 3.35.